The number of hydrogen-bond donors (Lipinski definition) is 2. The van der Waals surface area contributed by atoms with E-state index in [1.54, 1.807) is 0 Å². The van der Waals surface area contributed by atoms with Crippen LogP contribution in [0.1, 0.15) is 166 Å². The van der Waals surface area contributed by atoms with Gasteiger partial charge < -0.3 is 15.2 Å². The van der Waals surface area contributed by atoms with Crippen molar-refractivity contribution >= 4 is 11.9 Å². The number of aliphatic carboxylic acids is 1. The van der Waals surface area contributed by atoms with Gasteiger partial charge in [-0.25, -0.2) is 0 Å². The number of rotatable bonds is 10. The van der Waals surface area contributed by atoms with Crippen LogP contribution in [-0.2, 0) is 14.3 Å². The van der Waals surface area contributed by atoms with Crippen LogP contribution in [0, 0.1) is 62.1 Å². The highest BCUT2D eigenvalue weighted by atomic mass is 16.5. The van der Waals surface area contributed by atoms with Crippen molar-refractivity contribution in [2.24, 2.45) is 62.1 Å². The number of fused-ring (bicyclic) bond motifs is 7. The second kappa shape index (κ2) is 13.3. The lowest BCUT2D eigenvalue weighted by atomic mass is 9.32. The summed E-state index contributed by atoms with van der Waals surface area (Å²) in [5.74, 6) is 2.36. The largest absolute Gasteiger partial charge is 0.481 e. The Hall–Kier alpha value is -1.36. The number of esters is 1. The number of carboxylic acids is 1. The van der Waals surface area contributed by atoms with Gasteiger partial charge in [-0.1, -0.05) is 74.5 Å². The van der Waals surface area contributed by atoms with Gasteiger partial charge >= 0.3 is 11.9 Å². The van der Waals surface area contributed by atoms with E-state index in [2.05, 4.69) is 53.4 Å². The zero-order chi connectivity index (χ0) is 35.5. The van der Waals surface area contributed by atoms with Crippen LogP contribution in [0.5, 0.6) is 0 Å². The Labute approximate surface area is 294 Å². The topological polar surface area (TPSA) is 75.6 Å². The van der Waals surface area contributed by atoms with E-state index in [0.29, 0.717) is 34.0 Å². The van der Waals surface area contributed by atoms with Crippen molar-refractivity contribution in [2.75, 3.05) is 6.54 Å². The first-order chi connectivity index (χ1) is 22.4. The summed E-state index contributed by atoms with van der Waals surface area (Å²) in [4.78, 5) is 24.5. The second-order valence-electron chi connectivity index (χ2n) is 19.8. The van der Waals surface area contributed by atoms with E-state index in [0.717, 1.165) is 30.7 Å². The lowest BCUT2D eigenvalue weighted by molar-refractivity contribution is -0.250. The Kier molecular flexibility index (Phi) is 10.5. The average Bonchev–Trinajstić information content (AvgIpc) is 3.72. The van der Waals surface area contributed by atoms with Crippen molar-refractivity contribution in [3.8, 4) is 0 Å². The van der Waals surface area contributed by atoms with Crippen LogP contribution in [0.4, 0.5) is 0 Å². The third kappa shape index (κ3) is 6.36. The van der Waals surface area contributed by atoms with E-state index in [9.17, 15) is 14.7 Å². The molecule has 48 heavy (non-hydrogen) atoms. The number of carboxylic acid groups (broad SMARTS) is 1. The summed E-state index contributed by atoms with van der Waals surface area (Å²) in [6.45, 7) is 28.7. The number of carbonyl (C=O) groups is 2. The van der Waals surface area contributed by atoms with E-state index in [1.165, 1.54) is 82.7 Å². The molecule has 6 fully saturated rings. The fourth-order valence-corrected chi connectivity index (χ4v) is 13.8. The van der Waals surface area contributed by atoms with Crippen LogP contribution in [0.2, 0.25) is 0 Å². The van der Waals surface area contributed by atoms with Gasteiger partial charge in [-0.15, -0.1) is 0 Å². The van der Waals surface area contributed by atoms with Gasteiger partial charge in [-0.3, -0.25) is 9.59 Å². The van der Waals surface area contributed by atoms with Crippen LogP contribution in [0.15, 0.2) is 12.2 Å². The normalized spacial score (nSPS) is 43.0. The molecule has 5 nitrogen and oxygen atoms in total. The number of ether oxygens (including phenoxy) is 1. The second-order valence-corrected chi connectivity index (χ2v) is 19.8. The SMILES string of the molecule is C=C(C)[C@@H]1CC[C@]2(CCNC3CC3)CC[C@]3(C)[C@H](CCC4[C@@]5(C)CCC(OC(=O)CC(C)(C)CC(=O)O)C(C)(C)C5CC[C@]43C)C12.CC. The van der Waals surface area contributed by atoms with Crippen molar-refractivity contribution in [1.82, 2.24) is 5.32 Å². The molecule has 4 unspecified atom stereocenters. The molecule has 0 radical (unpaired) electrons. The molecular formula is C43H73NO4. The fourth-order valence-electron chi connectivity index (χ4n) is 13.8. The Morgan fingerprint density at radius 3 is 2.15 bits per heavy atom. The summed E-state index contributed by atoms with van der Waals surface area (Å²) in [7, 11) is 0. The minimum absolute atomic E-state index is 0.0245. The lowest BCUT2D eigenvalue weighted by Crippen LogP contribution is -2.66. The van der Waals surface area contributed by atoms with E-state index in [1.807, 2.05) is 27.7 Å². The minimum Gasteiger partial charge on any atom is -0.481 e. The number of nitrogens with one attached hydrogen (secondary N) is 1. The van der Waals surface area contributed by atoms with Crippen molar-refractivity contribution in [3.05, 3.63) is 12.2 Å². The van der Waals surface area contributed by atoms with Crippen LogP contribution in [0.3, 0.4) is 0 Å². The van der Waals surface area contributed by atoms with Gasteiger partial charge in [0.25, 0.3) is 0 Å². The predicted octanol–water partition coefficient (Wildman–Crippen LogP) is 10.6. The van der Waals surface area contributed by atoms with Crippen LogP contribution in [-0.4, -0.2) is 35.7 Å². The number of hydrogen-bond acceptors (Lipinski definition) is 4. The molecule has 0 spiro atoms. The molecule has 0 heterocycles. The molecule has 0 aromatic rings. The van der Waals surface area contributed by atoms with E-state index in [4.69, 9.17) is 4.74 Å². The van der Waals surface area contributed by atoms with Gasteiger partial charge in [0, 0.05) is 11.5 Å². The van der Waals surface area contributed by atoms with Gasteiger partial charge in [0.15, 0.2) is 0 Å². The zero-order valence-electron chi connectivity index (χ0n) is 32.7. The van der Waals surface area contributed by atoms with Gasteiger partial charge in [-0.2, -0.15) is 0 Å². The van der Waals surface area contributed by atoms with Crippen LogP contribution < -0.4 is 5.32 Å². The minimum atomic E-state index is -0.863. The first-order valence-electron chi connectivity index (χ1n) is 20.2. The Morgan fingerprint density at radius 1 is 0.833 bits per heavy atom. The third-order valence-electron chi connectivity index (χ3n) is 16.3. The summed E-state index contributed by atoms with van der Waals surface area (Å²) < 4.78 is 6.28. The summed E-state index contributed by atoms with van der Waals surface area (Å²) in [6, 6.07) is 0.791. The van der Waals surface area contributed by atoms with Crippen molar-refractivity contribution in [1.29, 1.82) is 0 Å². The first kappa shape index (κ1) is 37.9. The molecule has 0 bridgehead atoms. The highest BCUT2D eigenvalue weighted by molar-refractivity contribution is 5.73. The molecule has 10 atom stereocenters. The van der Waals surface area contributed by atoms with E-state index in [-0.39, 0.29) is 35.7 Å². The molecule has 0 aliphatic heterocycles. The summed E-state index contributed by atoms with van der Waals surface area (Å²) in [5.41, 5.74) is 2.13. The molecule has 274 valence electrons. The first-order valence-corrected chi connectivity index (χ1v) is 20.2. The summed E-state index contributed by atoms with van der Waals surface area (Å²) >= 11 is 0. The summed E-state index contributed by atoms with van der Waals surface area (Å²) in [5, 5.41) is 13.2. The fraction of sp³-hybridized carbons (Fsp3) is 0.907. The zero-order valence-corrected chi connectivity index (χ0v) is 32.7. The standard InChI is InChI=1S/C41H67NO4.C2H6/c1-26(2)28-14-19-41(22-23-42-27-10-11-27)21-20-39(8)29(35(28)41)12-13-31-38(7)17-16-32(37(5,6)30(38)15-18-40(31,39)9)46-34(45)25-36(3,4)24-33(43)44;1-2/h27-32,35,42H,1,10-25H2,2-9H3,(H,43,44);1-2H3/t28-,29+,30?,31?,32?,35?,38-,39+,40+,41+;/m0./s1. The highest BCUT2D eigenvalue weighted by Gasteiger charge is 2.71. The molecule has 2 N–H and O–H groups in total. The Morgan fingerprint density at radius 2 is 1.52 bits per heavy atom. The van der Waals surface area contributed by atoms with Crippen LogP contribution >= 0.6 is 0 Å². The molecule has 6 aliphatic rings. The lowest BCUT2D eigenvalue weighted by Gasteiger charge is -2.73. The molecule has 6 rings (SSSR count). The molecule has 0 aromatic heterocycles. The van der Waals surface area contributed by atoms with Crippen molar-refractivity contribution < 1.29 is 19.4 Å². The van der Waals surface area contributed by atoms with Gasteiger partial charge in [-0.05, 0) is 154 Å². The Balaban J connectivity index is 0.00000221. The average molecular weight is 668 g/mol. The maximum absolute atomic E-state index is 13.2. The molecular weight excluding hydrogens is 594 g/mol. The molecule has 0 saturated heterocycles. The predicted molar refractivity (Wildman–Crippen MR) is 196 cm³/mol. The summed E-state index contributed by atoms with van der Waals surface area (Å²) in [6.07, 6.45) is 16.9. The maximum Gasteiger partial charge on any atom is 0.306 e. The number of carbonyl (C=O) groups excluding carboxylic acids is 1. The van der Waals surface area contributed by atoms with E-state index < -0.39 is 11.4 Å². The smallest absolute Gasteiger partial charge is 0.306 e. The molecule has 5 heteroatoms. The molecule has 0 aromatic carbocycles. The van der Waals surface area contributed by atoms with Gasteiger partial charge in [0.2, 0.25) is 0 Å². The monoisotopic (exact) mass is 668 g/mol. The van der Waals surface area contributed by atoms with E-state index >= 15 is 0 Å². The quantitative estimate of drug-likeness (QED) is 0.179. The highest BCUT2D eigenvalue weighted by Crippen LogP contribution is 2.78. The van der Waals surface area contributed by atoms with Gasteiger partial charge in [0.1, 0.15) is 6.10 Å². The molecule has 6 aliphatic carbocycles. The Bertz CT molecular complexity index is 1220. The molecule has 6 saturated carbocycles. The van der Waals surface area contributed by atoms with Gasteiger partial charge in [0.05, 0.1) is 12.8 Å². The third-order valence-corrected chi connectivity index (χ3v) is 16.3. The van der Waals surface area contributed by atoms with Crippen molar-refractivity contribution in [2.45, 2.75) is 178 Å². The number of allylic oxidation sites excluding steroid dienone is 1. The van der Waals surface area contributed by atoms with Crippen LogP contribution in [0.25, 0.3) is 0 Å². The molecule has 0 amide bonds. The van der Waals surface area contributed by atoms with Crippen molar-refractivity contribution in [3.63, 3.8) is 0 Å². The maximum atomic E-state index is 13.2.